The highest BCUT2D eigenvalue weighted by Crippen LogP contribution is 2.25. The quantitative estimate of drug-likeness (QED) is 0.657. The van der Waals surface area contributed by atoms with Gasteiger partial charge in [0.1, 0.15) is 0 Å². The zero-order chi connectivity index (χ0) is 13.1. The van der Waals surface area contributed by atoms with Crippen molar-refractivity contribution in [2.24, 2.45) is 12.9 Å². The number of aryl methyl sites for hydroxylation is 2. The van der Waals surface area contributed by atoms with E-state index in [9.17, 15) is 0 Å². The van der Waals surface area contributed by atoms with Crippen LogP contribution < -0.4 is 11.3 Å². The van der Waals surface area contributed by atoms with E-state index in [1.54, 1.807) is 0 Å². The number of benzene rings is 1. The van der Waals surface area contributed by atoms with E-state index in [4.69, 9.17) is 17.4 Å². The van der Waals surface area contributed by atoms with Crippen molar-refractivity contribution in [1.82, 2.24) is 15.2 Å². The molecule has 0 radical (unpaired) electrons. The molecule has 2 aromatic rings. The SMILES string of the molecule is Cc1cc(CC(NN)c2ccccc2Cl)n(C)n1. The Morgan fingerprint density at radius 2 is 2.17 bits per heavy atom. The van der Waals surface area contributed by atoms with Gasteiger partial charge in [-0.15, -0.1) is 0 Å². The smallest absolute Gasteiger partial charge is 0.0596 e. The molecular weight excluding hydrogens is 248 g/mol. The Bertz CT molecular complexity index is 536. The lowest BCUT2D eigenvalue weighted by Gasteiger charge is -2.17. The van der Waals surface area contributed by atoms with Gasteiger partial charge < -0.3 is 0 Å². The predicted octanol–water partition coefficient (Wildman–Crippen LogP) is 2.13. The Kier molecular flexibility index (Phi) is 4.01. The van der Waals surface area contributed by atoms with Crippen LogP contribution in [0.4, 0.5) is 0 Å². The molecule has 5 heteroatoms. The van der Waals surface area contributed by atoms with Gasteiger partial charge in [-0.3, -0.25) is 16.0 Å². The molecule has 0 amide bonds. The van der Waals surface area contributed by atoms with Gasteiger partial charge in [0, 0.05) is 24.2 Å². The average molecular weight is 265 g/mol. The normalized spacial score (nSPS) is 12.7. The average Bonchev–Trinajstić information content (AvgIpc) is 2.66. The number of nitrogens with two attached hydrogens (primary N) is 1. The molecule has 4 nitrogen and oxygen atoms in total. The first-order valence-corrected chi connectivity index (χ1v) is 6.19. The molecule has 0 fully saturated rings. The fourth-order valence-electron chi connectivity index (χ4n) is 2.08. The zero-order valence-corrected chi connectivity index (χ0v) is 11.3. The summed E-state index contributed by atoms with van der Waals surface area (Å²) < 4.78 is 1.87. The Morgan fingerprint density at radius 3 is 2.72 bits per heavy atom. The number of nitrogens with zero attached hydrogens (tertiary/aromatic N) is 2. The van der Waals surface area contributed by atoms with Crippen molar-refractivity contribution in [3.8, 4) is 0 Å². The maximum atomic E-state index is 6.19. The summed E-state index contributed by atoms with van der Waals surface area (Å²) in [5.41, 5.74) is 5.94. The van der Waals surface area contributed by atoms with E-state index >= 15 is 0 Å². The molecule has 0 spiro atoms. The van der Waals surface area contributed by atoms with Crippen LogP contribution in [0.3, 0.4) is 0 Å². The summed E-state index contributed by atoms with van der Waals surface area (Å²) in [6, 6.07) is 9.76. The van der Waals surface area contributed by atoms with E-state index in [1.807, 2.05) is 42.9 Å². The third kappa shape index (κ3) is 2.72. The molecule has 96 valence electrons. The van der Waals surface area contributed by atoms with Crippen LogP contribution in [-0.2, 0) is 13.5 Å². The van der Waals surface area contributed by atoms with Gasteiger partial charge in [-0.25, -0.2) is 0 Å². The third-order valence-corrected chi connectivity index (χ3v) is 3.34. The zero-order valence-electron chi connectivity index (χ0n) is 10.5. The maximum absolute atomic E-state index is 6.19. The van der Waals surface area contributed by atoms with E-state index in [-0.39, 0.29) is 6.04 Å². The highest BCUT2D eigenvalue weighted by molar-refractivity contribution is 6.31. The number of aromatic nitrogens is 2. The Hall–Kier alpha value is -1.36. The summed E-state index contributed by atoms with van der Waals surface area (Å²) in [5, 5.41) is 5.05. The van der Waals surface area contributed by atoms with Crippen molar-refractivity contribution in [2.75, 3.05) is 0 Å². The van der Waals surface area contributed by atoms with Gasteiger partial charge in [-0.1, -0.05) is 29.8 Å². The van der Waals surface area contributed by atoms with Gasteiger partial charge >= 0.3 is 0 Å². The van der Waals surface area contributed by atoms with Crippen LogP contribution in [0.15, 0.2) is 30.3 Å². The molecule has 0 saturated carbocycles. The number of hydrogen-bond donors (Lipinski definition) is 2. The second-order valence-electron chi connectivity index (χ2n) is 4.35. The molecule has 0 aliphatic heterocycles. The lowest BCUT2D eigenvalue weighted by molar-refractivity contribution is 0.530. The standard InChI is InChI=1S/C13H17ClN4/c1-9-7-10(18(2)17-9)8-13(16-15)11-5-3-4-6-12(11)14/h3-7,13,16H,8,15H2,1-2H3. The molecule has 1 atom stereocenters. The largest absolute Gasteiger partial charge is 0.272 e. The molecule has 2 rings (SSSR count). The van der Waals surface area contributed by atoms with Crippen molar-refractivity contribution < 1.29 is 0 Å². The van der Waals surface area contributed by atoms with E-state index in [0.717, 1.165) is 28.4 Å². The molecule has 3 N–H and O–H groups in total. The molecule has 1 unspecified atom stereocenters. The molecular formula is C13H17ClN4. The van der Waals surface area contributed by atoms with Gasteiger partial charge in [0.25, 0.3) is 0 Å². The van der Waals surface area contributed by atoms with Crippen LogP contribution in [0.1, 0.15) is 23.0 Å². The first-order chi connectivity index (χ1) is 8.61. The fraction of sp³-hybridized carbons (Fsp3) is 0.308. The monoisotopic (exact) mass is 264 g/mol. The fourth-order valence-corrected chi connectivity index (χ4v) is 2.35. The Morgan fingerprint density at radius 1 is 1.44 bits per heavy atom. The Balaban J connectivity index is 2.25. The van der Waals surface area contributed by atoms with Gasteiger partial charge in [0.15, 0.2) is 0 Å². The van der Waals surface area contributed by atoms with Crippen LogP contribution in [0.5, 0.6) is 0 Å². The summed E-state index contributed by atoms with van der Waals surface area (Å²) in [6.45, 7) is 1.98. The summed E-state index contributed by atoms with van der Waals surface area (Å²) in [4.78, 5) is 0. The number of nitrogens with one attached hydrogen (secondary N) is 1. The molecule has 0 bridgehead atoms. The van der Waals surface area contributed by atoms with E-state index < -0.39 is 0 Å². The molecule has 0 saturated heterocycles. The molecule has 0 aliphatic carbocycles. The third-order valence-electron chi connectivity index (χ3n) is 2.99. The Labute approximate surface area is 112 Å². The highest BCUT2D eigenvalue weighted by Gasteiger charge is 2.15. The van der Waals surface area contributed by atoms with Crippen molar-refractivity contribution in [2.45, 2.75) is 19.4 Å². The van der Waals surface area contributed by atoms with Crippen molar-refractivity contribution in [3.63, 3.8) is 0 Å². The van der Waals surface area contributed by atoms with Gasteiger partial charge in [0.2, 0.25) is 0 Å². The first kappa shape index (κ1) is 13.1. The molecule has 18 heavy (non-hydrogen) atoms. The van der Waals surface area contributed by atoms with E-state index in [2.05, 4.69) is 16.6 Å². The number of halogens is 1. The second-order valence-corrected chi connectivity index (χ2v) is 4.75. The predicted molar refractivity (Wildman–Crippen MR) is 73.2 cm³/mol. The van der Waals surface area contributed by atoms with Gasteiger partial charge in [-0.05, 0) is 24.6 Å². The minimum absolute atomic E-state index is 0.0199. The minimum Gasteiger partial charge on any atom is -0.272 e. The second kappa shape index (κ2) is 5.52. The molecule has 1 aromatic carbocycles. The van der Waals surface area contributed by atoms with Gasteiger partial charge in [0.05, 0.1) is 11.7 Å². The van der Waals surface area contributed by atoms with Crippen molar-refractivity contribution in [3.05, 3.63) is 52.3 Å². The van der Waals surface area contributed by atoms with E-state index in [0.29, 0.717) is 0 Å². The number of hydrogen-bond acceptors (Lipinski definition) is 3. The number of rotatable bonds is 4. The van der Waals surface area contributed by atoms with Crippen LogP contribution in [0, 0.1) is 6.92 Å². The van der Waals surface area contributed by atoms with Crippen LogP contribution >= 0.6 is 11.6 Å². The summed E-state index contributed by atoms with van der Waals surface area (Å²) >= 11 is 6.19. The lowest BCUT2D eigenvalue weighted by atomic mass is 10.0. The molecule has 1 aromatic heterocycles. The van der Waals surface area contributed by atoms with Crippen LogP contribution in [0.2, 0.25) is 5.02 Å². The number of hydrazine groups is 1. The van der Waals surface area contributed by atoms with Crippen molar-refractivity contribution >= 4 is 11.6 Å². The van der Waals surface area contributed by atoms with Crippen LogP contribution in [0.25, 0.3) is 0 Å². The topological polar surface area (TPSA) is 55.9 Å². The lowest BCUT2D eigenvalue weighted by Crippen LogP contribution is -2.30. The summed E-state index contributed by atoms with van der Waals surface area (Å²) in [7, 11) is 1.93. The highest BCUT2D eigenvalue weighted by atomic mass is 35.5. The molecule has 1 heterocycles. The minimum atomic E-state index is -0.0199. The summed E-state index contributed by atoms with van der Waals surface area (Å²) in [5.74, 6) is 5.64. The van der Waals surface area contributed by atoms with Crippen molar-refractivity contribution in [1.29, 1.82) is 0 Å². The van der Waals surface area contributed by atoms with E-state index in [1.165, 1.54) is 0 Å². The van der Waals surface area contributed by atoms with Gasteiger partial charge in [-0.2, -0.15) is 5.10 Å². The first-order valence-electron chi connectivity index (χ1n) is 5.82. The maximum Gasteiger partial charge on any atom is 0.0596 e. The van der Waals surface area contributed by atoms with Crippen LogP contribution in [-0.4, -0.2) is 9.78 Å². The molecule has 0 aliphatic rings. The summed E-state index contributed by atoms with van der Waals surface area (Å²) in [6.07, 6.45) is 0.748.